The van der Waals surface area contributed by atoms with Crippen molar-refractivity contribution >= 4 is 0 Å². The minimum atomic E-state index is -3.75. The molecule has 1 N–H and O–H groups in total. The number of hydrogen-bond acceptors (Lipinski definition) is 4. The minimum Gasteiger partial charge on any atom is -0.383 e. The molecule has 0 spiro atoms. The van der Waals surface area contributed by atoms with Gasteiger partial charge in [0.25, 0.3) is 0 Å². The molecule has 2 aromatic rings. The van der Waals surface area contributed by atoms with Crippen molar-refractivity contribution in [1.82, 2.24) is 14.8 Å². The van der Waals surface area contributed by atoms with Crippen molar-refractivity contribution in [2.75, 3.05) is 0 Å². The molecule has 5 nitrogen and oxygen atoms in total. The number of nitrogens with zero attached hydrogens (tertiary/aromatic N) is 4. The number of rotatable bonds is 4. The van der Waals surface area contributed by atoms with Crippen LogP contribution < -0.4 is 0 Å². The van der Waals surface area contributed by atoms with Crippen molar-refractivity contribution in [3.05, 3.63) is 48.5 Å². The number of alkyl halides is 2. The highest BCUT2D eigenvalue weighted by atomic mass is 19.3. The predicted molar refractivity (Wildman–Crippen MR) is 65.6 cm³/mol. The molecule has 1 aromatic carbocycles. The zero-order chi connectivity index (χ0) is 14.8. The molecule has 0 amide bonds. The van der Waals surface area contributed by atoms with Crippen molar-refractivity contribution in [3.63, 3.8) is 0 Å². The van der Waals surface area contributed by atoms with Crippen LogP contribution in [0.25, 0.3) is 0 Å². The average molecular weight is 278 g/mol. The first-order valence-corrected chi connectivity index (χ1v) is 5.80. The third-order valence-electron chi connectivity index (χ3n) is 3.21. The van der Waals surface area contributed by atoms with Crippen LogP contribution >= 0.6 is 0 Å². The summed E-state index contributed by atoms with van der Waals surface area (Å²) in [7, 11) is 0. The van der Waals surface area contributed by atoms with Crippen molar-refractivity contribution < 1.29 is 13.9 Å². The number of halogens is 2. The van der Waals surface area contributed by atoms with E-state index in [2.05, 4.69) is 10.1 Å². The van der Waals surface area contributed by atoms with E-state index in [1.54, 1.807) is 24.3 Å². The Morgan fingerprint density at radius 1 is 1.35 bits per heavy atom. The van der Waals surface area contributed by atoms with Gasteiger partial charge in [0.2, 0.25) is 0 Å². The summed E-state index contributed by atoms with van der Waals surface area (Å²) in [6, 6.07) is 5.98. The Morgan fingerprint density at radius 2 is 2.00 bits per heavy atom. The van der Waals surface area contributed by atoms with Gasteiger partial charge in [0.05, 0.1) is 6.07 Å². The van der Waals surface area contributed by atoms with Crippen LogP contribution in [-0.4, -0.2) is 26.0 Å². The largest absolute Gasteiger partial charge is 0.383 e. The summed E-state index contributed by atoms with van der Waals surface area (Å²) in [5, 5.41) is 22.7. The van der Waals surface area contributed by atoms with Crippen molar-refractivity contribution in [1.29, 1.82) is 5.26 Å². The Hall–Kier alpha value is -2.33. The fourth-order valence-corrected chi connectivity index (χ4v) is 1.90. The Balaban J connectivity index is 2.45. The van der Waals surface area contributed by atoms with E-state index in [9.17, 15) is 19.1 Å². The molecule has 0 saturated carbocycles. The summed E-state index contributed by atoms with van der Waals surface area (Å²) < 4.78 is 28.7. The lowest BCUT2D eigenvalue weighted by atomic mass is 9.78. The first-order chi connectivity index (χ1) is 9.43. The molecule has 0 aliphatic rings. The van der Waals surface area contributed by atoms with Crippen molar-refractivity contribution in [2.45, 2.75) is 24.5 Å². The number of aliphatic hydroxyl groups is 1. The van der Waals surface area contributed by atoms with Crippen LogP contribution in [-0.2, 0) is 11.5 Å². The molecule has 2 rings (SSSR count). The lowest BCUT2D eigenvalue weighted by Crippen LogP contribution is -2.49. The molecule has 0 bridgehead atoms. The van der Waals surface area contributed by atoms with E-state index in [1.807, 2.05) is 0 Å². The predicted octanol–water partition coefficient (Wildman–Crippen LogP) is 1.67. The van der Waals surface area contributed by atoms with E-state index in [4.69, 9.17) is 0 Å². The van der Waals surface area contributed by atoms with E-state index in [0.717, 1.165) is 12.7 Å². The second kappa shape index (κ2) is 4.98. The minimum absolute atomic E-state index is 0.246. The van der Waals surface area contributed by atoms with Crippen LogP contribution in [0.15, 0.2) is 43.0 Å². The van der Waals surface area contributed by atoms with E-state index < -0.39 is 17.6 Å². The van der Waals surface area contributed by atoms with E-state index in [-0.39, 0.29) is 4.68 Å². The Bertz CT molecular complexity index is 609. The maximum absolute atomic E-state index is 14.2. The van der Waals surface area contributed by atoms with E-state index >= 15 is 0 Å². The lowest BCUT2D eigenvalue weighted by Gasteiger charge is -2.33. The normalized spacial score (nSPS) is 16.1. The Morgan fingerprint density at radius 3 is 2.50 bits per heavy atom. The van der Waals surface area contributed by atoms with Crippen molar-refractivity contribution in [3.8, 4) is 6.07 Å². The standard InChI is InChI=1S/C13H12F2N4O/c1-12(7-16,10-5-3-2-4-6-10)11(20)13(14,15)19-9-17-8-18-19/h2-6,8-9,11,20H,1H3. The quantitative estimate of drug-likeness (QED) is 0.923. The summed E-state index contributed by atoms with van der Waals surface area (Å²) in [5.41, 5.74) is -1.48. The second-order valence-corrected chi connectivity index (χ2v) is 4.51. The molecule has 0 fully saturated rings. The highest BCUT2D eigenvalue weighted by molar-refractivity contribution is 5.33. The fraction of sp³-hybridized carbons (Fsp3) is 0.308. The van der Waals surface area contributed by atoms with Gasteiger partial charge in [-0.05, 0) is 12.5 Å². The van der Waals surface area contributed by atoms with Crippen molar-refractivity contribution in [2.24, 2.45) is 0 Å². The summed E-state index contributed by atoms with van der Waals surface area (Å²) in [6.07, 6.45) is -0.539. The second-order valence-electron chi connectivity index (χ2n) is 4.51. The number of hydrogen-bond donors (Lipinski definition) is 1. The maximum Gasteiger partial charge on any atom is 0.372 e. The molecule has 20 heavy (non-hydrogen) atoms. The summed E-state index contributed by atoms with van der Waals surface area (Å²) >= 11 is 0. The average Bonchev–Trinajstić information content (AvgIpc) is 3.01. The molecule has 104 valence electrons. The zero-order valence-corrected chi connectivity index (χ0v) is 10.6. The third-order valence-corrected chi connectivity index (χ3v) is 3.21. The number of benzene rings is 1. The van der Waals surface area contributed by atoms with Gasteiger partial charge in [0.15, 0.2) is 6.10 Å². The lowest BCUT2D eigenvalue weighted by molar-refractivity contribution is -0.195. The highest BCUT2D eigenvalue weighted by Crippen LogP contribution is 2.37. The van der Waals surface area contributed by atoms with Gasteiger partial charge < -0.3 is 5.11 Å². The molecule has 1 aromatic heterocycles. The Kier molecular flexibility index (Phi) is 3.51. The molecule has 2 atom stereocenters. The van der Waals surface area contributed by atoms with Crippen LogP contribution in [0.2, 0.25) is 0 Å². The molecule has 7 heteroatoms. The molecule has 1 heterocycles. The number of aromatic nitrogens is 3. The van der Waals surface area contributed by atoms with Crippen LogP contribution in [0, 0.1) is 11.3 Å². The molecule has 0 aliphatic carbocycles. The zero-order valence-electron chi connectivity index (χ0n) is 10.6. The first-order valence-electron chi connectivity index (χ1n) is 5.80. The molecular weight excluding hydrogens is 266 g/mol. The van der Waals surface area contributed by atoms with Gasteiger partial charge in [-0.15, -0.1) is 0 Å². The van der Waals surface area contributed by atoms with Gasteiger partial charge in [-0.1, -0.05) is 30.3 Å². The number of nitriles is 1. The smallest absolute Gasteiger partial charge is 0.372 e. The van der Waals surface area contributed by atoms with Crippen LogP contribution in [0.1, 0.15) is 12.5 Å². The van der Waals surface area contributed by atoms with Gasteiger partial charge in [-0.3, -0.25) is 0 Å². The van der Waals surface area contributed by atoms with E-state index in [0.29, 0.717) is 5.56 Å². The third kappa shape index (κ3) is 2.14. The molecule has 0 radical (unpaired) electrons. The number of aliphatic hydroxyl groups excluding tert-OH is 1. The molecule has 0 aliphatic heterocycles. The molecule has 0 saturated heterocycles. The van der Waals surface area contributed by atoms with Gasteiger partial charge in [0.1, 0.15) is 18.1 Å². The summed E-state index contributed by atoms with van der Waals surface area (Å²) in [6.45, 7) is 1.26. The fourth-order valence-electron chi connectivity index (χ4n) is 1.90. The SMILES string of the molecule is CC(C#N)(c1ccccc1)C(O)C(F)(F)n1cncn1. The van der Waals surface area contributed by atoms with Gasteiger partial charge >= 0.3 is 6.05 Å². The van der Waals surface area contributed by atoms with Crippen LogP contribution in [0.4, 0.5) is 8.78 Å². The highest BCUT2D eigenvalue weighted by Gasteiger charge is 2.53. The van der Waals surface area contributed by atoms with Crippen LogP contribution in [0.5, 0.6) is 0 Å². The molecular formula is C13H12F2N4O. The molecule has 2 unspecified atom stereocenters. The monoisotopic (exact) mass is 278 g/mol. The Labute approximate surface area is 114 Å². The van der Waals surface area contributed by atoms with Crippen LogP contribution in [0.3, 0.4) is 0 Å². The first kappa shape index (κ1) is 14.1. The topological polar surface area (TPSA) is 74.7 Å². The van der Waals surface area contributed by atoms with Gasteiger partial charge in [-0.25, -0.2) is 4.98 Å². The van der Waals surface area contributed by atoms with Gasteiger partial charge in [0, 0.05) is 0 Å². The summed E-state index contributed by atoms with van der Waals surface area (Å²) in [5.74, 6) is 0. The summed E-state index contributed by atoms with van der Waals surface area (Å²) in [4.78, 5) is 3.43. The van der Waals surface area contributed by atoms with Gasteiger partial charge in [-0.2, -0.15) is 23.8 Å². The maximum atomic E-state index is 14.2. The van der Waals surface area contributed by atoms with E-state index in [1.165, 1.54) is 19.1 Å².